The summed E-state index contributed by atoms with van der Waals surface area (Å²) in [5, 5.41) is 21.0. The molecule has 6 nitrogen and oxygen atoms in total. The van der Waals surface area contributed by atoms with Crippen LogP contribution in [0.15, 0.2) is 54.0 Å². The molecule has 1 saturated heterocycles. The number of hydrogen-bond acceptors (Lipinski definition) is 5. The number of allylic oxidation sites excluding steroid dienone is 2. The summed E-state index contributed by atoms with van der Waals surface area (Å²) in [7, 11) is 0. The highest BCUT2D eigenvalue weighted by Crippen LogP contribution is 2.45. The molecule has 0 aliphatic carbocycles. The number of aryl methyl sites for hydroxylation is 2. The molecule has 0 spiro atoms. The summed E-state index contributed by atoms with van der Waals surface area (Å²) in [5.41, 5.74) is 5.15. The number of aromatic nitrogens is 3. The molecule has 166 valence electrons. The number of benzene rings is 1. The number of nitrogens with zero attached hydrogens (tertiary/aromatic N) is 4. The predicted molar refractivity (Wildman–Crippen MR) is 127 cm³/mol. The number of hydrogen-bond donors (Lipinski definition) is 2. The minimum absolute atomic E-state index is 0.159. The third-order valence-corrected chi connectivity index (χ3v) is 5.90. The molecule has 0 bridgehead atoms. The number of rotatable bonds is 4. The van der Waals surface area contributed by atoms with E-state index in [2.05, 4.69) is 22.1 Å². The van der Waals surface area contributed by atoms with Crippen molar-refractivity contribution in [2.24, 2.45) is 0 Å². The number of halogens is 2. The number of anilines is 1. The van der Waals surface area contributed by atoms with E-state index in [4.69, 9.17) is 17.0 Å². The van der Waals surface area contributed by atoms with Gasteiger partial charge in [0.2, 0.25) is 0 Å². The quantitative estimate of drug-likeness (QED) is 0.548. The number of nitrogens with one attached hydrogen (secondary N) is 2. The van der Waals surface area contributed by atoms with E-state index in [9.17, 15) is 0 Å². The molecule has 0 saturated carbocycles. The highest BCUT2D eigenvalue weighted by atomic mass is 35.5. The highest BCUT2D eigenvalue weighted by Gasteiger charge is 2.41. The van der Waals surface area contributed by atoms with Gasteiger partial charge >= 0.3 is 0 Å². The molecule has 3 heterocycles. The third kappa shape index (κ3) is 3.56. The lowest BCUT2D eigenvalue weighted by molar-refractivity contribution is 0.595. The lowest BCUT2D eigenvalue weighted by atomic mass is 9.95. The first kappa shape index (κ1) is 22.0. The molecule has 3 aromatic rings. The van der Waals surface area contributed by atoms with Gasteiger partial charge in [-0.25, -0.2) is 4.39 Å². The molecular weight excluding hydrogens is 427 g/mol. The molecule has 1 aliphatic rings. The first-order valence-corrected chi connectivity index (χ1v) is 10.8. The standard InChI is InChI=1S/C24H26ClFN6/c1-12(2)28-14(4)21-22(27)15(5)32(23(21)19-8-7-17(25)10-20(19)26)18-9-13(3)24-30-29-16(6)31(24)11-18/h7-12,23,27-28H,5H2,1-4,6H3/b21-14+,27-22?. The Labute approximate surface area is 191 Å². The van der Waals surface area contributed by atoms with Crippen molar-refractivity contribution in [1.29, 1.82) is 5.41 Å². The van der Waals surface area contributed by atoms with Crippen LogP contribution >= 0.6 is 11.6 Å². The van der Waals surface area contributed by atoms with E-state index in [1.807, 2.05) is 56.2 Å². The van der Waals surface area contributed by atoms with Crippen molar-refractivity contribution < 1.29 is 4.39 Å². The minimum Gasteiger partial charge on any atom is -0.386 e. The molecule has 4 rings (SSSR count). The van der Waals surface area contributed by atoms with Crippen LogP contribution in [0.25, 0.3) is 5.65 Å². The molecule has 1 aliphatic heterocycles. The van der Waals surface area contributed by atoms with E-state index >= 15 is 4.39 Å². The van der Waals surface area contributed by atoms with Gasteiger partial charge in [0.1, 0.15) is 11.6 Å². The first-order chi connectivity index (χ1) is 15.1. The average molecular weight is 453 g/mol. The van der Waals surface area contributed by atoms with E-state index in [1.54, 1.807) is 12.1 Å². The Morgan fingerprint density at radius 3 is 2.62 bits per heavy atom. The average Bonchev–Trinajstić information content (AvgIpc) is 3.19. The lowest BCUT2D eigenvalue weighted by Gasteiger charge is -2.29. The van der Waals surface area contributed by atoms with Crippen LogP contribution in [0.3, 0.4) is 0 Å². The maximum absolute atomic E-state index is 15.2. The van der Waals surface area contributed by atoms with Gasteiger partial charge in [0, 0.05) is 34.1 Å². The van der Waals surface area contributed by atoms with Gasteiger partial charge < -0.3 is 10.2 Å². The Balaban J connectivity index is 1.99. The van der Waals surface area contributed by atoms with Crippen molar-refractivity contribution in [1.82, 2.24) is 19.9 Å². The minimum atomic E-state index is -0.577. The molecule has 2 N–H and O–H groups in total. The zero-order valence-electron chi connectivity index (χ0n) is 18.8. The van der Waals surface area contributed by atoms with Gasteiger partial charge in [-0.3, -0.25) is 9.81 Å². The third-order valence-electron chi connectivity index (χ3n) is 5.67. The van der Waals surface area contributed by atoms with Gasteiger partial charge in [0.15, 0.2) is 5.65 Å². The van der Waals surface area contributed by atoms with Gasteiger partial charge in [0.05, 0.1) is 23.1 Å². The highest BCUT2D eigenvalue weighted by molar-refractivity contribution is 6.30. The second kappa shape index (κ2) is 8.06. The van der Waals surface area contributed by atoms with E-state index < -0.39 is 11.9 Å². The smallest absolute Gasteiger partial charge is 0.163 e. The summed E-state index contributed by atoms with van der Waals surface area (Å²) in [4.78, 5) is 1.90. The van der Waals surface area contributed by atoms with E-state index in [1.165, 1.54) is 6.07 Å². The second-order valence-corrected chi connectivity index (χ2v) is 8.86. The first-order valence-electron chi connectivity index (χ1n) is 10.4. The van der Waals surface area contributed by atoms with Crippen molar-refractivity contribution in [3.63, 3.8) is 0 Å². The SMILES string of the molecule is C=C1C(=N)/C(=C(/C)NC(C)C)C(c2ccc(Cl)cc2F)N1c1cc(C)c2nnc(C)n2c1. The maximum Gasteiger partial charge on any atom is 0.163 e. The van der Waals surface area contributed by atoms with Crippen LogP contribution in [0, 0.1) is 25.1 Å². The second-order valence-electron chi connectivity index (χ2n) is 8.42. The van der Waals surface area contributed by atoms with Crippen molar-refractivity contribution in [3.05, 3.63) is 81.8 Å². The molecule has 0 amide bonds. The van der Waals surface area contributed by atoms with Gasteiger partial charge in [-0.05, 0) is 58.4 Å². The molecule has 1 atom stereocenters. The van der Waals surface area contributed by atoms with Crippen LogP contribution in [0.5, 0.6) is 0 Å². The number of pyridine rings is 1. The monoisotopic (exact) mass is 452 g/mol. The molecule has 2 aromatic heterocycles. The largest absolute Gasteiger partial charge is 0.386 e. The summed E-state index contributed by atoms with van der Waals surface area (Å²) in [6, 6.07) is 6.21. The van der Waals surface area contributed by atoms with Gasteiger partial charge in [-0.2, -0.15) is 0 Å². The Hall–Kier alpha value is -3.19. The Morgan fingerprint density at radius 1 is 1.25 bits per heavy atom. The Morgan fingerprint density at radius 2 is 1.97 bits per heavy atom. The topological polar surface area (TPSA) is 69.3 Å². The summed E-state index contributed by atoms with van der Waals surface area (Å²) < 4.78 is 17.1. The van der Waals surface area contributed by atoms with Crippen molar-refractivity contribution in [2.75, 3.05) is 4.90 Å². The summed E-state index contributed by atoms with van der Waals surface area (Å²) in [6.45, 7) is 14.0. The van der Waals surface area contributed by atoms with E-state index in [0.29, 0.717) is 21.9 Å². The number of fused-ring (bicyclic) bond motifs is 1. The van der Waals surface area contributed by atoms with Crippen molar-refractivity contribution >= 4 is 28.6 Å². The van der Waals surface area contributed by atoms with Crippen LogP contribution in [0.2, 0.25) is 5.02 Å². The summed E-state index contributed by atoms with van der Waals surface area (Å²) in [5.74, 6) is 0.315. The van der Waals surface area contributed by atoms with Crippen LogP contribution in [-0.2, 0) is 0 Å². The van der Waals surface area contributed by atoms with Crippen LogP contribution < -0.4 is 10.2 Å². The Bertz CT molecular complexity index is 1290. The van der Waals surface area contributed by atoms with Crippen molar-refractivity contribution in [2.45, 2.75) is 46.7 Å². The fraction of sp³-hybridized carbons (Fsp3) is 0.292. The van der Waals surface area contributed by atoms with Crippen LogP contribution in [0.1, 0.15) is 43.8 Å². The predicted octanol–water partition coefficient (Wildman–Crippen LogP) is 5.51. The van der Waals surface area contributed by atoms with E-state index in [0.717, 1.165) is 28.4 Å². The molecule has 32 heavy (non-hydrogen) atoms. The molecule has 0 radical (unpaired) electrons. The molecule has 1 unspecified atom stereocenters. The maximum atomic E-state index is 15.2. The van der Waals surface area contributed by atoms with Crippen molar-refractivity contribution in [3.8, 4) is 0 Å². The zero-order chi connectivity index (χ0) is 23.3. The van der Waals surface area contributed by atoms with E-state index in [-0.39, 0.29) is 11.8 Å². The summed E-state index contributed by atoms with van der Waals surface area (Å²) in [6.07, 6.45) is 1.91. The summed E-state index contributed by atoms with van der Waals surface area (Å²) >= 11 is 6.04. The molecular formula is C24H26ClFN6. The van der Waals surface area contributed by atoms with Gasteiger partial charge in [0.25, 0.3) is 0 Å². The van der Waals surface area contributed by atoms with Crippen LogP contribution in [-0.4, -0.2) is 26.4 Å². The fourth-order valence-corrected chi connectivity index (χ4v) is 4.46. The fourth-order valence-electron chi connectivity index (χ4n) is 4.30. The zero-order valence-corrected chi connectivity index (χ0v) is 19.5. The molecule has 1 fully saturated rings. The normalized spacial score (nSPS) is 18.2. The van der Waals surface area contributed by atoms with Gasteiger partial charge in [-0.1, -0.05) is 24.2 Å². The Kier molecular flexibility index (Phi) is 5.54. The van der Waals surface area contributed by atoms with Crippen LogP contribution in [0.4, 0.5) is 10.1 Å². The molecule has 1 aromatic carbocycles. The lowest BCUT2D eigenvalue weighted by Crippen LogP contribution is -2.26. The molecule has 8 heteroatoms. The van der Waals surface area contributed by atoms with Gasteiger partial charge in [-0.15, -0.1) is 10.2 Å².